The van der Waals surface area contributed by atoms with Crippen LogP contribution in [0.1, 0.15) is 5.56 Å². The molecule has 0 aliphatic heterocycles. The van der Waals surface area contributed by atoms with Crippen LogP contribution in [0.15, 0.2) is 42.5 Å². The number of aromatic nitrogens is 2. The highest BCUT2D eigenvalue weighted by Crippen LogP contribution is 2.31. The Morgan fingerprint density at radius 2 is 1.71 bits per heavy atom. The highest BCUT2D eigenvalue weighted by atomic mass is 35.5. The number of alkyl halides is 3. The molecule has 0 saturated carbocycles. The molecule has 0 unspecified atom stereocenters. The fourth-order valence-electron chi connectivity index (χ4n) is 2.14. The number of halogens is 4. The summed E-state index contributed by atoms with van der Waals surface area (Å²) in [6, 6.07) is 9.75. The summed E-state index contributed by atoms with van der Waals surface area (Å²) in [6.45, 7) is 0. The molecule has 7 heteroatoms. The molecule has 2 N–H and O–H groups in total. The molecule has 2 aromatic carbocycles. The Morgan fingerprint density at radius 1 is 1.05 bits per heavy atom. The van der Waals surface area contributed by atoms with Crippen LogP contribution in [0.5, 0.6) is 0 Å². The van der Waals surface area contributed by atoms with Gasteiger partial charge in [-0.2, -0.15) is 13.2 Å². The van der Waals surface area contributed by atoms with Crippen molar-refractivity contribution in [1.82, 2.24) is 9.55 Å². The van der Waals surface area contributed by atoms with Crippen molar-refractivity contribution in [3.8, 4) is 5.69 Å². The lowest BCUT2D eigenvalue weighted by Gasteiger charge is -2.10. The molecule has 3 rings (SSSR count). The largest absolute Gasteiger partial charge is 0.416 e. The third-order valence-corrected chi connectivity index (χ3v) is 3.33. The van der Waals surface area contributed by atoms with Gasteiger partial charge in [0.1, 0.15) is 0 Å². The minimum atomic E-state index is -4.37. The molecule has 1 aromatic heterocycles. The van der Waals surface area contributed by atoms with Gasteiger partial charge < -0.3 is 5.73 Å². The molecule has 0 aliphatic carbocycles. The first-order chi connectivity index (χ1) is 9.86. The molecule has 0 aliphatic rings. The zero-order chi connectivity index (χ0) is 15.2. The van der Waals surface area contributed by atoms with E-state index < -0.39 is 11.7 Å². The van der Waals surface area contributed by atoms with Crippen LogP contribution in [0, 0.1) is 0 Å². The first-order valence-electron chi connectivity index (χ1n) is 5.97. The van der Waals surface area contributed by atoms with Crippen LogP contribution in [-0.2, 0) is 6.18 Å². The van der Waals surface area contributed by atoms with E-state index in [2.05, 4.69) is 4.98 Å². The van der Waals surface area contributed by atoms with Gasteiger partial charge in [-0.25, -0.2) is 4.98 Å². The lowest BCUT2D eigenvalue weighted by molar-refractivity contribution is -0.137. The lowest BCUT2D eigenvalue weighted by atomic mass is 10.2. The van der Waals surface area contributed by atoms with E-state index in [1.165, 1.54) is 12.1 Å². The summed E-state index contributed by atoms with van der Waals surface area (Å²) >= 11 is 5.94. The van der Waals surface area contributed by atoms with Crippen molar-refractivity contribution in [1.29, 1.82) is 0 Å². The normalized spacial score (nSPS) is 12.0. The van der Waals surface area contributed by atoms with Crippen molar-refractivity contribution >= 4 is 28.6 Å². The standard InChI is InChI=1S/C14H9ClF3N3/c15-9-3-6-11-12(7-9)21(13(19)20-11)10-4-1-8(2-5-10)14(16,17)18/h1-7H,(H2,19,20). The molecule has 0 saturated heterocycles. The molecule has 108 valence electrons. The molecule has 0 radical (unpaired) electrons. The number of nitrogens with two attached hydrogens (primary N) is 1. The monoisotopic (exact) mass is 311 g/mol. The molecular weight excluding hydrogens is 303 g/mol. The molecule has 0 fully saturated rings. The van der Waals surface area contributed by atoms with E-state index in [1.54, 1.807) is 22.8 Å². The van der Waals surface area contributed by atoms with Crippen LogP contribution < -0.4 is 5.73 Å². The maximum Gasteiger partial charge on any atom is 0.416 e. The Hall–Kier alpha value is -2.21. The van der Waals surface area contributed by atoms with Crippen molar-refractivity contribution in [2.45, 2.75) is 6.18 Å². The van der Waals surface area contributed by atoms with E-state index in [1.807, 2.05) is 0 Å². The number of hydrogen-bond acceptors (Lipinski definition) is 2. The number of nitrogens with zero attached hydrogens (tertiary/aromatic N) is 2. The summed E-state index contributed by atoms with van der Waals surface area (Å²) < 4.78 is 39.3. The zero-order valence-corrected chi connectivity index (χ0v) is 11.3. The van der Waals surface area contributed by atoms with Crippen LogP contribution in [0.25, 0.3) is 16.7 Å². The highest BCUT2D eigenvalue weighted by molar-refractivity contribution is 6.31. The maximum atomic E-state index is 12.6. The van der Waals surface area contributed by atoms with Crippen LogP contribution in [-0.4, -0.2) is 9.55 Å². The Bertz CT molecular complexity index is 807. The van der Waals surface area contributed by atoms with E-state index in [4.69, 9.17) is 17.3 Å². The Kier molecular flexibility index (Phi) is 3.06. The third-order valence-electron chi connectivity index (χ3n) is 3.10. The van der Waals surface area contributed by atoms with E-state index >= 15 is 0 Å². The number of hydrogen-bond donors (Lipinski definition) is 1. The number of nitrogen functional groups attached to an aromatic ring is 1. The van der Waals surface area contributed by atoms with Gasteiger partial charge in [0.05, 0.1) is 16.6 Å². The molecule has 21 heavy (non-hydrogen) atoms. The van der Waals surface area contributed by atoms with E-state index in [0.29, 0.717) is 21.7 Å². The average Bonchev–Trinajstić information content (AvgIpc) is 2.73. The molecule has 0 atom stereocenters. The van der Waals surface area contributed by atoms with Crippen LogP contribution >= 0.6 is 11.6 Å². The number of fused-ring (bicyclic) bond motifs is 1. The summed E-state index contributed by atoms with van der Waals surface area (Å²) in [6.07, 6.45) is -4.37. The second-order valence-electron chi connectivity index (χ2n) is 4.48. The topological polar surface area (TPSA) is 43.8 Å². The molecule has 0 bridgehead atoms. The molecular formula is C14H9ClF3N3. The molecule has 3 nitrogen and oxygen atoms in total. The van der Waals surface area contributed by atoms with Gasteiger partial charge in [0.2, 0.25) is 5.95 Å². The summed E-state index contributed by atoms with van der Waals surface area (Å²) in [5, 5.41) is 0.496. The quantitative estimate of drug-likeness (QED) is 0.729. The van der Waals surface area contributed by atoms with Gasteiger partial charge in [-0.3, -0.25) is 4.57 Å². The fraction of sp³-hybridized carbons (Fsp3) is 0.0714. The third kappa shape index (κ3) is 2.42. The van der Waals surface area contributed by atoms with E-state index in [-0.39, 0.29) is 5.95 Å². The smallest absolute Gasteiger partial charge is 0.369 e. The van der Waals surface area contributed by atoms with Crippen LogP contribution in [0.2, 0.25) is 5.02 Å². The second-order valence-corrected chi connectivity index (χ2v) is 4.92. The summed E-state index contributed by atoms with van der Waals surface area (Å²) in [5.41, 5.74) is 6.88. The number of imidazole rings is 1. The predicted molar refractivity (Wildman–Crippen MR) is 75.5 cm³/mol. The van der Waals surface area contributed by atoms with Gasteiger partial charge in [-0.15, -0.1) is 0 Å². The maximum absolute atomic E-state index is 12.6. The summed E-state index contributed by atoms with van der Waals surface area (Å²) in [7, 11) is 0. The molecule has 1 heterocycles. The minimum absolute atomic E-state index is 0.187. The van der Waals surface area contributed by atoms with Gasteiger partial charge >= 0.3 is 6.18 Å². The van der Waals surface area contributed by atoms with Crippen molar-refractivity contribution in [2.24, 2.45) is 0 Å². The SMILES string of the molecule is Nc1nc2ccc(Cl)cc2n1-c1ccc(C(F)(F)F)cc1. The van der Waals surface area contributed by atoms with E-state index in [9.17, 15) is 13.2 Å². The van der Waals surface area contributed by atoms with E-state index in [0.717, 1.165) is 12.1 Å². The molecule has 3 aromatic rings. The van der Waals surface area contributed by atoms with Crippen molar-refractivity contribution in [3.63, 3.8) is 0 Å². The highest BCUT2D eigenvalue weighted by Gasteiger charge is 2.30. The predicted octanol–water partition coefficient (Wildman–Crippen LogP) is 4.28. The van der Waals surface area contributed by atoms with Crippen molar-refractivity contribution in [3.05, 3.63) is 53.1 Å². The first kappa shape index (κ1) is 13.8. The van der Waals surface area contributed by atoms with Gasteiger partial charge in [-0.05, 0) is 42.5 Å². The number of rotatable bonds is 1. The van der Waals surface area contributed by atoms with Gasteiger partial charge in [0, 0.05) is 10.7 Å². The number of anilines is 1. The fourth-order valence-corrected chi connectivity index (χ4v) is 2.30. The Balaban J connectivity index is 2.16. The number of benzene rings is 2. The van der Waals surface area contributed by atoms with Gasteiger partial charge in [0.25, 0.3) is 0 Å². The minimum Gasteiger partial charge on any atom is -0.369 e. The first-order valence-corrected chi connectivity index (χ1v) is 6.35. The van der Waals surface area contributed by atoms with Crippen molar-refractivity contribution in [2.75, 3.05) is 5.73 Å². The van der Waals surface area contributed by atoms with Crippen LogP contribution in [0.4, 0.5) is 19.1 Å². The van der Waals surface area contributed by atoms with Gasteiger partial charge in [-0.1, -0.05) is 11.6 Å². The summed E-state index contributed by atoms with van der Waals surface area (Å²) in [4.78, 5) is 4.16. The second kappa shape index (κ2) is 4.66. The Labute approximate surface area is 122 Å². The van der Waals surface area contributed by atoms with Crippen LogP contribution in [0.3, 0.4) is 0 Å². The average molecular weight is 312 g/mol. The van der Waals surface area contributed by atoms with Crippen molar-refractivity contribution < 1.29 is 13.2 Å². The lowest BCUT2D eigenvalue weighted by Crippen LogP contribution is -2.06. The van der Waals surface area contributed by atoms with Gasteiger partial charge in [0.15, 0.2) is 0 Å². The Morgan fingerprint density at radius 3 is 2.33 bits per heavy atom. The molecule has 0 amide bonds. The molecule has 0 spiro atoms. The summed E-state index contributed by atoms with van der Waals surface area (Å²) in [5.74, 6) is 0.187. The zero-order valence-electron chi connectivity index (χ0n) is 10.5.